The number of amides is 2. The second-order valence-electron chi connectivity index (χ2n) is 7.83. The quantitative estimate of drug-likeness (QED) is 0.770. The van der Waals surface area contributed by atoms with Crippen LogP contribution in [-0.4, -0.2) is 45.8 Å². The normalized spacial score (nSPS) is 18.3. The van der Waals surface area contributed by atoms with Crippen LogP contribution in [0.4, 0.5) is 8.78 Å². The average molecular weight is 432 g/mol. The van der Waals surface area contributed by atoms with E-state index in [9.17, 15) is 28.3 Å². The first-order valence-electron chi connectivity index (χ1n) is 10.0. The van der Waals surface area contributed by atoms with Crippen molar-refractivity contribution in [2.24, 2.45) is 0 Å². The van der Waals surface area contributed by atoms with Crippen LogP contribution in [-0.2, 0) is 6.54 Å². The summed E-state index contributed by atoms with van der Waals surface area (Å²) in [7, 11) is 0. The van der Waals surface area contributed by atoms with Gasteiger partial charge in [0.1, 0.15) is 23.9 Å². The van der Waals surface area contributed by atoms with E-state index in [1.165, 1.54) is 16.9 Å². The largest absolute Gasteiger partial charge is 0.502 e. The number of pyridine rings is 1. The third-order valence-corrected chi connectivity index (χ3v) is 5.75. The van der Waals surface area contributed by atoms with Gasteiger partial charge in [0.25, 0.3) is 11.8 Å². The number of fused-ring (bicyclic) bond motifs is 4. The highest BCUT2D eigenvalue weighted by Gasteiger charge is 2.36. The van der Waals surface area contributed by atoms with Crippen molar-refractivity contribution < 1.29 is 23.5 Å². The maximum atomic E-state index is 13.8. The van der Waals surface area contributed by atoms with Crippen molar-refractivity contribution >= 4 is 11.8 Å². The molecule has 1 aromatic carbocycles. The Morgan fingerprint density at radius 1 is 1.26 bits per heavy atom. The van der Waals surface area contributed by atoms with Crippen molar-refractivity contribution in [3.63, 3.8) is 0 Å². The van der Waals surface area contributed by atoms with Gasteiger partial charge in [-0.2, -0.15) is 0 Å². The van der Waals surface area contributed by atoms with Crippen LogP contribution in [0.25, 0.3) is 0 Å². The highest BCUT2D eigenvalue weighted by molar-refractivity contribution is 5.99. The van der Waals surface area contributed by atoms with E-state index in [0.29, 0.717) is 12.6 Å². The Labute approximate surface area is 176 Å². The molecule has 164 valence electrons. The fraction of sp³-hybridized carbons (Fsp3) is 0.381. The number of benzene rings is 1. The van der Waals surface area contributed by atoms with Crippen molar-refractivity contribution in [2.45, 2.75) is 38.8 Å². The molecule has 0 unspecified atom stereocenters. The summed E-state index contributed by atoms with van der Waals surface area (Å²) in [6, 6.07) is 2.95. The van der Waals surface area contributed by atoms with Crippen LogP contribution >= 0.6 is 0 Å². The van der Waals surface area contributed by atoms with Crippen molar-refractivity contribution in [2.75, 3.05) is 18.2 Å². The lowest BCUT2D eigenvalue weighted by Crippen LogP contribution is -2.58. The topological polar surface area (TPSA) is 94.9 Å². The van der Waals surface area contributed by atoms with E-state index in [2.05, 4.69) is 5.32 Å². The van der Waals surface area contributed by atoms with Gasteiger partial charge in [0.2, 0.25) is 5.43 Å². The smallest absolute Gasteiger partial charge is 0.277 e. The van der Waals surface area contributed by atoms with E-state index >= 15 is 0 Å². The van der Waals surface area contributed by atoms with Crippen molar-refractivity contribution in [3.8, 4) is 5.75 Å². The van der Waals surface area contributed by atoms with Gasteiger partial charge in [-0.3, -0.25) is 24.1 Å². The average Bonchev–Trinajstić information content (AvgIpc) is 2.72. The van der Waals surface area contributed by atoms with Crippen LogP contribution in [0.5, 0.6) is 5.75 Å². The van der Waals surface area contributed by atoms with E-state index in [1.54, 1.807) is 4.90 Å². The summed E-state index contributed by atoms with van der Waals surface area (Å²) >= 11 is 0. The van der Waals surface area contributed by atoms with Crippen molar-refractivity contribution in [1.29, 1.82) is 0 Å². The first kappa shape index (κ1) is 20.8. The number of aromatic hydroxyl groups is 1. The van der Waals surface area contributed by atoms with Gasteiger partial charge in [-0.15, -0.1) is 0 Å². The van der Waals surface area contributed by atoms with E-state index in [1.807, 2.05) is 11.9 Å². The molecule has 31 heavy (non-hydrogen) atoms. The third-order valence-electron chi connectivity index (χ3n) is 5.75. The van der Waals surface area contributed by atoms with E-state index in [0.717, 1.165) is 25.3 Å². The summed E-state index contributed by atoms with van der Waals surface area (Å²) in [4.78, 5) is 39.7. The molecular weight excluding hydrogens is 410 g/mol. The number of hydrogen-bond donors (Lipinski definition) is 2. The Bertz CT molecular complexity index is 1120. The van der Waals surface area contributed by atoms with Gasteiger partial charge in [-0.25, -0.2) is 8.78 Å². The zero-order valence-corrected chi connectivity index (χ0v) is 16.9. The molecule has 0 saturated carbocycles. The molecule has 2 aliphatic heterocycles. The van der Waals surface area contributed by atoms with Crippen LogP contribution in [0.2, 0.25) is 0 Å². The molecule has 1 saturated heterocycles. The molecule has 8 nitrogen and oxygen atoms in total. The van der Waals surface area contributed by atoms with Crippen LogP contribution < -0.4 is 15.8 Å². The fourth-order valence-corrected chi connectivity index (χ4v) is 3.96. The van der Waals surface area contributed by atoms with Crippen LogP contribution in [0.15, 0.2) is 29.2 Å². The van der Waals surface area contributed by atoms with Gasteiger partial charge in [-0.1, -0.05) is 6.07 Å². The second-order valence-corrected chi connectivity index (χ2v) is 7.83. The minimum Gasteiger partial charge on any atom is -0.502 e. The van der Waals surface area contributed by atoms with Crippen LogP contribution in [0, 0.1) is 11.6 Å². The first-order chi connectivity index (χ1) is 14.8. The number of hydrogen-bond acceptors (Lipinski definition) is 5. The molecule has 2 aliphatic rings. The Kier molecular flexibility index (Phi) is 5.38. The number of carbonyl (C=O) groups excluding carboxylic acids is 2. The van der Waals surface area contributed by atoms with Gasteiger partial charge in [0, 0.05) is 37.0 Å². The molecule has 2 N–H and O–H groups in total. The van der Waals surface area contributed by atoms with Gasteiger partial charge in [0.05, 0.1) is 0 Å². The van der Waals surface area contributed by atoms with Gasteiger partial charge < -0.3 is 15.3 Å². The molecule has 1 aromatic heterocycles. The van der Waals surface area contributed by atoms with E-state index in [4.69, 9.17) is 0 Å². The molecule has 2 amide bonds. The number of nitrogens with one attached hydrogen (secondary N) is 1. The SMILES string of the molecule is C[C@@H]1CCCCN2CN1n1cc(C(=O)NCc3ccc(F)cc3F)c(=O)c(O)c1C2=O. The molecule has 0 spiro atoms. The number of carbonyl (C=O) groups is 2. The molecule has 1 atom stereocenters. The summed E-state index contributed by atoms with van der Waals surface area (Å²) in [5.74, 6) is -3.68. The van der Waals surface area contributed by atoms with Gasteiger partial charge in [-0.05, 0) is 32.3 Å². The third kappa shape index (κ3) is 3.73. The summed E-state index contributed by atoms with van der Waals surface area (Å²) in [6.45, 7) is 2.48. The lowest BCUT2D eigenvalue weighted by molar-refractivity contribution is 0.0656. The summed E-state index contributed by atoms with van der Waals surface area (Å²) in [5, 5.41) is 14.8. The highest BCUT2D eigenvalue weighted by Crippen LogP contribution is 2.25. The Hall–Kier alpha value is -3.43. The van der Waals surface area contributed by atoms with Crippen molar-refractivity contribution in [3.05, 3.63) is 63.1 Å². The monoisotopic (exact) mass is 432 g/mol. The number of aromatic nitrogens is 1. The molecule has 0 aliphatic carbocycles. The minimum absolute atomic E-state index is 0.000717. The molecule has 2 bridgehead atoms. The molecule has 10 heteroatoms. The summed E-state index contributed by atoms with van der Waals surface area (Å²) < 4.78 is 28.3. The van der Waals surface area contributed by atoms with Crippen LogP contribution in [0.3, 0.4) is 0 Å². The summed E-state index contributed by atoms with van der Waals surface area (Å²) in [6.07, 6.45) is 3.83. The molecular formula is C21H22F2N4O4. The van der Waals surface area contributed by atoms with Gasteiger partial charge >= 0.3 is 0 Å². The summed E-state index contributed by atoms with van der Waals surface area (Å²) in [5.41, 5.74) is -1.49. The molecule has 4 rings (SSSR count). The molecule has 2 aromatic rings. The maximum absolute atomic E-state index is 13.8. The van der Waals surface area contributed by atoms with E-state index < -0.39 is 34.6 Å². The lowest BCUT2D eigenvalue weighted by atomic mass is 10.1. The zero-order chi connectivity index (χ0) is 22.3. The zero-order valence-electron chi connectivity index (χ0n) is 16.9. The first-order valence-corrected chi connectivity index (χ1v) is 10.0. The highest BCUT2D eigenvalue weighted by atomic mass is 19.1. The standard InChI is InChI=1S/C21H22F2N4O4/c1-12-4-2-3-7-25-11-27(12)26-10-15(18(28)19(29)17(26)21(25)31)20(30)24-9-13-5-6-14(22)8-16(13)23/h5-6,8,10,12,29H,2-4,7,9,11H2,1H3,(H,24,30)/t12-/m1/s1. The second kappa shape index (κ2) is 8.01. The van der Waals surface area contributed by atoms with Crippen molar-refractivity contribution in [1.82, 2.24) is 14.9 Å². The predicted molar refractivity (Wildman–Crippen MR) is 107 cm³/mol. The Balaban J connectivity index is 1.68. The maximum Gasteiger partial charge on any atom is 0.277 e. The van der Waals surface area contributed by atoms with Crippen LogP contribution in [0.1, 0.15) is 52.6 Å². The van der Waals surface area contributed by atoms with E-state index in [-0.39, 0.29) is 36.1 Å². The fourth-order valence-electron chi connectivity index (χ4n) is 3.96. The molecule has 3 heterocycles. The molecule has 0 radical (unpaired) electrons. The Morgan fingerprint density at radius 3 is 2.77 bits per heavy atom. The minimum atomic E-state index is -0.983. The number of halogens is 2. The van der Waals surface area contributed by atoms with Gasteiger partial charge in [0.15, 0.2) is 11.4 Å². The Morgan fingerprint density at radius 2 is 2.03 bits per heavy atom. The number of rotatable bonds is 3. The molecule has 1 fully saturated rings. The lowest BCUT2D eigenvalue weighted by Gasteiger charge is -2.44. The predicted octanol–water partition coefficient (Wildman–Crippen LogP) is 1.69. The number of nitrogens with zero attached hydrogens (tertiary/aromatic N) is 3.